The predicted molar refractivity (Wildman–Crippen MR) is 82.7 cm³/mol. The zero-order chi connectivity index (χ0) is 14.1. The first-order valence-corrected chi connectivity index (χ1v) is 7.40. The van der Waals surface area contributed by atoms with Gasteiger partial charge in [0.05, 0.1) is 5.60 Å². The van der Waals surface area contributed by atoms with Gasteiger partial charge in [0.1, 0.15) is 0 Å². The summed E-state index contributed by atoms with van der Waals surface area (Å²) < 4.78 is 5.53. The summed E-state index contributed by atoms with van der Waals surface area (Å²) in [7, 11) is 1.80. The molecular formula is C17H29NO. The van der Waals surface area contributed by atoms with Crippen molar-refractivity contribution in [2.45, 2.75) is 51.6 Å². The van der Waals surface area contributed by atoms with E-state index in [1.807, 2.05) is 0 Å². The zero-order valence-corrected chi connectivity index (χ0v) is 12.9. The molecule has 0 saturated carbocycles. The van der Waals surface area contributed by atoms with Crippen molar-refractivity contribution in [1.29, 1.82) is 0 Å². The van der Waals surface area contributed by atoms with Crippen LogP contribution in [-0.4, -0.2) is 25.8 Å². The molecule has 2 heteroatoms. The summed E-state index contributed by atoms with van der Waals surface area (Å²) in [6.07, 6.45) is 3.42. The van der Waals surface area contributed by atoms with Crippen LogP contribution in [-0.2, 0) is 4.74 Å². The van der Waals surface area contributed by atoms with Crippen LogP contribution >= 0.6 is 0 Å². The van der Waals surface area contributed by atoms with E-state index in [-0.39, 0.29) is 5.60 Å². The molecule has 0 aliphatic heterocycles. The summed E-state index contributed by atoms with van der Waals surface area (Å²) in [5.74, 6) is 0.571. The third-order valence-electron chi connectivity index (χ3n) is 3.74. The lowest BCUT2D eigenvalue weighted by atomic mass is 9.89. The Morgan fingerprint density at radius 1 is 1.21 bits per heavy atom. The number of ether oxygens (including phenoxy) is 1. The van der Waals surface area contributed by atoms with E-state index >= 15 is 0 Å². The average molecular weight is 263 g/mol. The van der Waals surface area contributed by atoms with E-state index in [9.17, 15) is 0 Å². The fraction of sp³-hybridized carbons (Fsp3) is 0.647. The SMILES string of the molecule is CCCNCC(CCC(C)(C)OC)c1ccccc1. The molecule has 1 aromatic rings. The molecule has 108 valence electrons. The molecule has 1 N–H and O–H groups in total. The van der Waals surface area contributed by atoms with Crippen molar-refractivity contribution in [2.75, 3.05) is 20.2 Å². The third kappa shape index (κ3) is 6.22. The van der Waals surface area contributed by atoms with E-state index in [1.54, 1.807) is 7.11 Å². The minimum absolute atomic E-state index is 0.0300. The molecule has 0 heterocycles. The van der Waals surface area contributed by atoms with Gasteiger partial charge in [0.25, 0.3) is 0 Å². The quantitative estimate of drug-likeness (QED) is 0.681. The highest BCUT2D eigenvalue weighted by Crippen LogP contribution is 2.25. The second-order valence-electron chi connectivity index (χ2n) is 5.81. The van der Waals surface area contributed by atoms with Crippen LogP contribution in [0.4, 0.5) is 0 Å². The number of methoxy groups -OCH3 is 1. The fourth-order valence-corrected chi connectivity index (χ4v) is 2.19. The van der Waals surface area contributed by atoms with Crippen LogP contribution in [0.15, 0.2) is 30.3 Å². The molecule has 1 aromatic carbocycles. The van der Waals surface area contributed by atoms with Crippen molar-refractivity contribution in [3.63, 3.8) is 0 Å². The molecule has 0 aliphatic rings. The van der Waals surface area contributed by atoms with Crippen molar-refractivity contribution in [2.24, 2.45) is 0 Å². The molecule has 1 rings (SSSR count). The molecule has 0 amide bonds. The van der Waals surface area contributed by atoms with Crippen LogP contribution in [0.2, 0.25) is 0 Å². The van der Waals surface area contributed by atoms with E-state index in [0.29, 0.717) is 5.92 Å². The summed E-state index contributed by atoms with van der Waals surface area (Å²) in [5.41, 5.74) is 1.40. The Hall–Kier alpha value is -0.860. The smallest absolute Gasteiger partial charge is 0.0623 e. The van der Waals surface area contributed by atoms with Crippen molar-refractivity contribution in [3.8, 4) is 0 Å². The number of nitrogens with one attached hydrogen (secondary N) is 1. The third-order valence-corrected chi connectivity index (χ3v) is 3.74. The molecule has 2 nitrogen and oxygen atoms in total. The van der Waals surface area contributed by atoms with Gasteiger partial charge in [0.2, 0.25) is 0 Å². The maximum absolute atomic E-state index is 5.53. The van der Waals surface area contributed by atoms with Crippen LogP contribution in [0.1, 0.15) is 51.5 Å². The van der Waals surface area contributed by atoms with Crippen molar-refractivity contribution in [1.82, 2.24) is 5.32 Å². The zero-order valence-electron chi connectivity index (χ0n) is 12.9. The van der Waals surface area contributed by atoms with Crippen molar-refractivity contribution >= 4 is 0 Å². The molecule has 0 radical (unpaired) electrons. The van der Waals surface area contributed by atoms with E-state index in [1.165, 1.54) is 12.0 Å². The maximum Gasteiger partial charge on any atom is 0.0623 e. The minimum atomic E-state index is -0.0300. The molecule has 1 unspecified atom stereocenters. The molecule has 0 aromatic heterocycles. The summed E-state index contributed by atoms with van der Waals surface area (Å²) in [5, 5.41) is 3.55. The second kappa shape index (κ2) is 8.34. The number of benzene rings is 1. The van der Waals surface area contributed by atoms with Crippen molar-refractivity contribution < 1.29 is 4.74 Å². The molecule has 0 aliphatic carbocycles. The Morgan fingerprint density at radius 2 is 1.89 bits per heavy atom. The van der Waals surface area contributed by atoms with E-state index in [0.717, 1.165) is 25.9 Å². The maximum atomic E-state index is 5.53. The standard InChI is InChI=1S/C17H29NO/c1-5-13-18-14-16(11-12-17(2,3)19-4)15-9-7-6-8-10-15/h6-10,16,18H,5,11-14H2,1-4H3. The monoisotopic (exact) mass is 263 g/mol. The highest BCUT2D eigenvalue weighted by atomic mass is 16.5. The Morgan fingerprint density at radius 3 is 2.47 bits per heavy atom. The predicted octanol–water partition coefficient (Wildman–Crippen LogP) is 3.98. The normalized spacial score (nSPS) is 13.5. The van der Waals surface area contributed by atoms with Gasteiger partial charge in [-0.1, -0.05) is 37.3 Å². The van der Waals surface area contributed by atoms with Crippen LogP contribution in [0, 0.1) is 0 Å². The summed E-state index contributed by atoms with van der Waals surface area (Å²) in [6.45, 7) is 8.68. The number of hydrogen-bond acceptors (Lipinski definition) is 2. The van der Waals surface area contributed by atoms with Crippen LogP contribution in [0.25, 0.3) is 0 Å². The molecule has 19 heavy (non-hydrogen) atoms. The van der Waals surface area contributed by atoms with Gasteiger partial charge >= 0.3 is 0 Å². The molecule has 1 atom stereocenters. The van der Waals surface area contributed by atoms with Gasteiger partial charge in [-0.25, -0.2) is 0 Å². The Kier molecular flexibility index (Phi) is 7.11. The largest absolute Gasteiger partial charge is 0.379 e. The van der Waals surface area contributed by atoms with Crippen molar-refractivity contribution in [3.05, 3.63) is 35.9 Å². The first kappa shape index (κ1) is 16.2. The highest BCUT2D eigenvalue weighted by molar-refractivity contribution is 5.19. The Balaban J connectivity index is 2.59. The summed E-state index contributed by atoms with van der Waals surface area (Å²) >= 11 is 0. The van der Waals surface area contributed by atoms with Gasteiger partial charge < -0.3 is 10.1 Å². The Bertz CT molecular complexity index is 334. The topological polar surface area (TPSA) is 21.3 Å². The van der Waals surface area contributed by atoms with Crippen LogP contribution in [0.5, 0.6) is 0 Å². The van der Waals surface area contributed by atoms with Gasteiger partial charge in [0.15, 0.2) is 0 Å². The van der Waals surface area contributed by atoms with E-state index < -0.39 is 0 Å². The molecule has 0 fully saturated rings. The lowest BCUT2D eigenvalue weighted by Gasteiger charge is -2.26. The van der Waals surface area contributed by atoms with Gasteiger partial charge in [-0.15, -0.1) is 0 Å². The second-order valence-corrected chi connectivity index (χ2v) is 5.81. The van der Waals surface area contributed by atoms with Crippen LogP contribution < -0.4 is 5.32 Å². The van der Waals surface area contributed by atoms with Gasteiger partial charge in [0, 0.05) is 13.7 Å². The first-order valence-electron chi connectivity index (χ1n) is 7.40. The molecule has 0 bridgehead atoms. The van der Waals surface area contributed by atoms with Crippen LogP contribution in [0.3, 0.4) is 0 Å². The lowest BCUT2D eigenvalue weighted by Crippen LogP contribution is -2.27. The Labute approximate surface area is 118 Å². The summed E-state index contributed by atoms with van der Waals surface area (Å²) in [6, 6.07) is 10.8. The van der Waals surface area contributed by atoms with E-state index in [4.69, 9.17) is 4.74 Å². The molecular weight excluding hydrogens is 234 g/mol. The number of rotatable bonds is 9. The number of hydrogen-bond donors (Lipinski definition) is 1. The van der Waals surface area contributed by atoms with E-state index in [2.05, 4.69) is 56.4 Å². The van der Waals surface area contributed by atoms with Gasteiger partial charge in [-0.05, 0) is 51.1 Å². The average Bonchev–Trinajstić information content (AvgIpc) is 2.43. The summed E-state index contributed by atoms with van der Waals surface area (Å²) in [4.78, 5) is 0. The lowest BCUT2D eigenvalue weighted by molar-refractivity contribution is 0.0124. The fourth-order valence-electron chi connectivity index (χ4n) is 2.19. The molecule has 0 spiro atoms. The molecule has 0 saturated heterocycles. The van der Waals surface area contributed by atoms with Gasteiger partial charge in [-0.3, -0.25) is 0 Å². The van der Waals surface area contributed by atoms with Gasteiger partial charge in [-0.2, -0.15) is 0 Å². The first-order chi connectivity index (χ1) is 9.09. The minimum Gasteiger partial charge on any atom is -0.379 e. The highest BCUT2D eigenvalue weighted by Gasteiger charge is 2.20.